The van der Waals surface area contributed by atoms with E-state index in [0.717, 1.165) is 5.90 Å². The number of hydrogen-bond donors (Lipinski definition) is 0. The van der Waals surface area contributed by atoms with Gasteiger partial charge in [0.25, 0.3) is 0 Å². The number of hydrogen-bond acceptors (Lipinski definition) is 0. The van der Waals surface area contributed by atoms with Gasteiger partial charge in [0, 0.05) is 5.90 Å². The Morgan fingerprint density at radius 3 is 0.336 bits per heavy atom. The van der Waals surface area contributed by atoms with Crippen LogP contribution in [0.5, 0.6) is 0 Å². The van der Waals surface area contributed by atoms with Crippen molar-refractivity contribution in [2.75, 3.05) is 5.90 Å². The molecular formula is C105H118P2. The first-order valence-electron chi connectivity index (χ1n) is 39.0. The van der Waals surface area contributed by atoms with Crippen molar-refractivity contribution in [2.24, 2.45) is 0 Å². The van der Waals surface area contributed by atoms with E-state index in [1.165, 1.54) is 155 Å². The highest BCUT2D eigenvalue weighted by Crippen LogP contribution is 2.53. The van der Waals surface area contributed by atoms with Crippen molar-refractivity contribution in [3.63, 3.8) is 0 Å². The van der Waals surface area contributed by atoms with Crippen LogP contribution >= 0.6 is 15.8 Å². The second kappa shape index (κ2) is 29.8. The zero-order valence-electron chi connectivity index (χ0n) is 69.0. The van der Waals surface area contributed by atoms with Crippen LogP contribution in [0, 0.1) is 0 Å². The molecule has 0 aliphatic heterocycles. The van der Waals surface area contributed by atoms with Gasteiger partial charge in [0.15, 0.2) is 0 Å². The second-order valence-corrected chi connectivity index (χ2v) is 43.6. The molecule has 0 N–H and O–H groups in total. The fourth-order valence-electron chi connectivity index (χ4n) is 14.5. The molecule has 0 fully saturated rings. The molecule has 0 amide bonds. The maximum Gasteiger partial charge on any atom is 0.00406 e. The van der Waals surface area contributed by atoms with Crippen LogP contribution in [0.4, 0.5) is 0 Å². The van der Waals surface area contributed by atoms with Crippen LogP contribution in [0.15, 0.2) is 267 Å². The molecule has 548 valence electrons. The lowest BCUT2D eigenvalue weighted by Crippen LogP contribution is -2.21. The maximum atomic E-state index is 2.60. The van der Waals surface area contributed by atoms with Gasteiger partial charge < -0.3 is 0 Å². The molecule has 0 heterocycles. The van der Waals surface area contributed by atoms with Crippen LogP contribution in [0.25, 0.3) is 89.0 Å². The standard InChI is InChI=1S/C105H118P2/c1-98(2,3)86-41-25-70(26-42-86)78-57-79(71-27-43-87(44-28-71)99(4,5)6)62-94(61-78)106(95-63-80(72-29-45-88(46-30-72)100(7,8)9)58-81(64-95)73-31-47-89(48-32-73)101(10,11)12)69-107(96-65-82(74-33-49-90(50-34-74)102(13,14)15)59-83(66-96)75-35-51-91(52-36-75)103(16,17)18)97-67-84(76-37-53-92(54-38-76)104(19,20)21)60-85(68-97)77-39-55-93(56-40-77)105(22,23)24/h25-68H,69H2,1-24H3. The highest BCUT2D eigenvalue weighted by atomic mass is 31.2. The van der Waals surface area contributed by atoms with Crippen LogP contribution in [-0.4, -0.2) is 5.90 Å². The molecular weight excluding hydrogens is 1320 g/mol. The van der Waals surface area contributed by atoms with Crippen LogP contribution in [0.3, 0.4) is 0 Å². The molecule has 0 bridgehead atoms. The summed E-state index contributed by atoms with van der Waals surface area (Å²) in [5, 5.41) is 5.42. The van der Waals surface area contributed by atoms with E-state index in [1.807, 2.05) is 0 Å². The summed E-state index contributed by atoms with van der Waals surface area (Å²) < 4.78 is 0. The molecule has 12 aromatic carbocycles. The predicted octanol–water partition coefficient (Wildman–Crippen LogP) is 28.9. The molecule has 0 radical (unpaired) electrons. The zero-order chi connectivity index (χ0) is 77.1. The molecule has 0 nitrogen and oxygen atoms in total. The van der Waals surface area contributed by atoms with Gasteiger partial charge >= 0.3 is 0 Å². The summed E-state index contributed by atoms with van der Waals surface area (Å²) in [6, 6.07) is 107. The second-order valence-electron chi connectivity index (χ2n) is 38.7. The molecule has 0 spiro atoms. The van der Waals surface area contributed by atoms with E-state index in [9.17, 15) is 0 Å². The van der Waals surface area contributed by atoms with E-state index in [1.54, 1.807) is 0 Å². The molecule has 107 heavy (non-hydrogen) atoms. The van der Waals surface area contributed by atoms with Gasteiger partial charge in [-0.1, -0.05) is 360 Å². The topological polar surface area (TPSA) is 0 Å². The first kappa shape index (κ1) is 78.1. The third-order valence-corrected chi connectivity index (χ3v) is 27.7. The van der Waals surface area contributed by atoms with Crippen molar-refractivity contribution in [1.82, 2.24) is 0 Å². The van der Waals surface area contributed by atoms with Gasteiger partial charge in [-0.3, -0.25) is 0 Å². The van der Waals surface area contributed by atoms with Crippen molar-refractivity contribution < 1.29 is 0 Å². The molecule has 0 aliphatic carbocycles. The average molecular weight is 1440 g/mol. The molecule has 0 saturated carbocycles. The highest BCUT2D eigenvalue weighted by molar-refractivity contribution is 7.88. The van der Waals surface area contributed by atoms with Gasteiger partial charge in [-0.25, -0.2) is 0 Å². The van der Waals surface area contributed by atoms with E-state index in [0.29, 0.717) is 0 Å². The van der Waals surface area contributed by atoms with Crippen molar-refractivity contribution in [3.8, 4) is 89.0 Å². The van der Waals surface area contributed by atoms with Crippen LogP contribution in [0.1, 0.15) is 211 Å². The van der Waals surface area contributed by atoms with Gasteiger partial charge in [-0.05, 0) is 287 Å². The molecule has 0 unspecified atom stereocenters. The average Bonchev–Trinajstić information content (AvgIpc) is 0.770. The lowest BCUT2D eigenvalue weighted by atomic mass is 9.85. The molecule has 2 heteroatoms. The molecule has 0 aliphatic rings. The van der Waals surface area contributed by atoms with Gasteiger partial charge in [0.2, 0.25) is 0 Å². The van der Waals surface area contributed by atoms with Gasteiger partial charge in [0.05, 0.1) is 0 Å². The van der Waals surface area contributed by atoms with Gasteiger partial charge in [0.1, 0.15) is 0 Å². The van der Waals surface area contributed by atoms with Crippen molar-refractivity contribution in [2.45, 2.75) is 209 Å². The monoisotopic (exact) mass is 1440 g/mol. The summed E-state index contributed by atoms with van der Waals surface area (Å²) in [5.74, 6) is 0.859. The number of benzene rings is 12. The smallest absolute Gasteiger partial charge is 0.00406 e. The van der Waals surface area contributed by atoms with E-state index in [4.69, 9.17) is 0 Å². The van der Waals surface area contributed by atoms with E-state index in [-0.39, 0.29) is 43.3 Å². The fraction of sp³-hybridized carbons (Fsp3) is 0.314. The summed E-state index contributed by atoms with van der Waals surface area (Å²) >= 11 is 0. The highest BCUT2D eigenvalue weighted by Gasteiger charge is 2.30. The number of rotatable bonds is 14. The van der Waals surface area contributed by atoms with Crippen molar-refractivity contribution >= 4 is 37.1 Å². The minimum absolute atomic E-state index is 0.000534. The maximum absolute atomic E-state index is 2.60. The van der Waals surface area contributed by atoms with Crippen LogP contribution in [-0.2, 0) is 43.3 Å². The van der Waals surface area contributed by atoms with Crippen LogP contribution in [0.2, 0.25) is 0 Å². The first-order valence-corrected chi connectivity index (χ1v) is 42.1. The molecule has 0 atom stereocenters. The van der Waals surface area contributed by atoms with Crippen molar-refractivity contribution in [3.05, 3.63) is 311 Å². The summed E-state index contributed by atoms with van der Waals surface area (Å²) in [6.07, 6.45) is 0. The van der Waals surface area contributed by atoms with E-state index < -0.39 is 15.8 Å². The quantitative estimate of drug-likeness (QED) is 0.0952. The summed E-state index contributed by atoms with van der Waals surface area (Å²) in [4.78, 5) is 0. The Balaban J connectivity index is 1.22. The molecule has 12 rings (SSSR count). The summed E-state index contributed by atoms with van der Waals surface area (Å²) in [6.45, 7) is 55.7. The normalized spacial score (nSPS) is 12.9. The van der Waals surface area contributed by atoms with Gasteiger partial charge in [-0.2, -0.15) is 0 Å². The third kappa shape index (κ3) is 18.5. The summed E-state index contributed by atoms with van der Waals surface area (Å²) in [5.41, 5.74) is 30.2. The Hall–Kier alpha value is -8.50. The Kier molecular flexibility index (Phi) is 21.8. The largest absolute Gasteiger partial charge is 0.0579 e. The first-order chi connectivity index (χ1) is 50.0. The van der Waals surface area contributed by atoms with E-state index >= 15 is 0 Å². The van der Waals surface area contributed by atoms with Crippen LogP contribution < -0.4 is 21.2 Å². The molecule has 12 aromatic rings. The minimum Gasteiger partial charge on any atom is -0.0579 e. The van der Waals surface area contributed by atoms with E-state index in [2.05, 4.69) is 433 Å². The Morgan fingerprint density at radius 1 is 0.140 bits per heavy atom. The summed E-state index contributed by atoms with van der Waals surface area (Å²) in [7, 11) is -2.52. The minimum atomic E-state index is -1.26. The molecule has 0 saturated heterocycles. The molecule has 0 aromatic heterocycles. The third-order valence-electron chi connectivity index (χ3n) is 21.9. The lowest BCUT2D eigenvalue weighted by molar-refractivity contribution is 0.590. The zero-order valence-corrected chi connectivity index (χ0v) is 70.8. The van der Waals surface area contributed by atoms with Crippen molar-refractivity contribution in [1.29, 1.82) is 0 Å². The SMILES string of the molecule is CC(C)(C)c1ccc(-c2cc(-c3ccc(C(C)(C)C)cc3)cc(P(CP(c3cc(-c4ccc(C(C)(C)C)cc4)cc(-c4ccc(C(C)(C)C)cc4)c3)c3cc(-c4ccc(C(C)(C)C)cc4)cc(-c4ccc(C(C)(C)C)cc4)c3)c3cc(-c4ccc(C(C)(C)C)cc4)cc(-c4ccc(C(C)(C)C)cc4)c3)c2)cc1. The Morgan fingerprint density at radius 2 is 0.243 bits per heavy atom. The fourth-order valence-corrected chi connectivity index (χ4v) is 21.2. The predicted molar refractivity (Wildman–Crippen MR) is 476 cm³/mol. The lowest BCUT2D eigenvalue weighted by Gasteiger charge is -2.30. The Bertz CT molecular complexity index is 4130. The van der Waals surface area contributed by atoms with Gasteiger partial charge in [-0.15, -0.1) is 0 Å². The Labute approximate surface area is 648 Å².